The zero-order valence-electron chi connectivity index (χ0n) is 10.00. The maximum Gasteiger partial charge on any atom is 0.135 e. The average molecular weight is 232 g/mol. The van der Waals surface area contributed by atoms with Crippen LogP contribution in [0.4, 0.5) is 0 Å². The Morgan fingerprint density at radius 2 is 2.18 bits per heavy atom. The Hall–Kier alpha value is -1.68. The van der Waals surface area contributed by atoms with Crippen molar-refractivity contribution in [3.8, 4) is 0 Å². The van der Waals surface area contributed by atoms with Crippen molar-refractivity contribution in [2.45, 2.75) is 26.5 Å². The van der Waals surface area contributed by atoms with E-state index in [1.807, 2.05) is 28.8 Å². The summed E-state index contributed by atoms with van der Waals surface area (Å²) in [5.41, 5.74) is 1.87. The predicted molar refractivity (Wildman–Crippen MR) is 65.6 cm³/mol. The third kappa shape index (κ3) is 2.36. The summed E-state index contributed by atoms with van der Waals surface area (Å²) in [6, 6.07) is 7.73. The Bertz CT molecular complexity index is 533. The molecule has 90 valence electrons. The molecular weight excluding hydrogens is 216 g/mol. The number of aliphatic hydroxyl groups is 1. The first kappa shape index (κ1) is 11.8. The molecule has 0 aliphatic rings. The number of ketones is 1. The van der Waals surface area contributed by atoms with Crippen LogP contribution in [0.3, 0.4) is 0 Å². The van der Waals surface area contributed by atoms with Crippen LogP contribution in [0.1, 0.15) is 13.8 Å². The lowest BCUT2D eigenvalue weighted by molar-refractivity contribution is -0.123. The Morgan fingerprint density at radius 3 is 2.88 bits per heavy atom. The molecule has 0 spiro atoms. The van der Waals surface area contributed by atoms with Crippen LogP contribution < -0.4 is 0 Å². The largest absolute Gasteiger partial charge is 0.391 e. The lowest BCUT2D eigenvalue weighted by atomic mass is 10.0. The highest BCUT2D eigenvalue weighted by Crippen LogP contribution is 2.14. The molecule has 0 aliphatic heterocycles. The Kier molecular flexibility index (Phi) is 3.24. The third-order valence-electron chi connectivity index (χ3n) is 3.13. The highest BCUT2D eigenvalue weighted by atomic mass is 16.3. The number of nitrogens with zero attached hydrogens (tertiary/aromatic N) is 2. The first-order valence-electron chi connectivity index (χ1n) is 5.68. The fourth-order valence-corrected chi connectivity index (χ4v) is 1.79. The smallest absolute Gasteiger partial charge is 0.135 e. The first-order valence-corrected chi connectivity index (χ1v) is 5.68. The van der Waals surface area contributed by atoms with E-state index in [-0.39, 0.29) is 11.7 Å². The second kappa shape index (κ2) is 4.67. The van der Waals surface area contributed by atoms with Gasteiger partial charge in [0, 0.05) is 5.92 Å². The highest BCUT2D eigenvalue weighted by molar-refractivity contribution is 5.78. The summed E-state index contributed by atoms with van der Waals surface area (Å²) in [6.45, 7) is 3.63. The maximum atomic E-state index is 11.2. The van der Waals surface area contributed by atoms with Gasteiger partial charge in [0.25, 0.3) is 0 Å². The van der Waals surface area contributed by atoms with Gasteiger partial charge in [0.2, 0.25) is 0 Å². The van der Waals surface area contributed by atoms with Crippen LogP contribution in [0.5, 0.6) is 0 Å². The molecule has 17 heavy (non-hydrogen) atoms. The number of hydrogen-bond acceptors (Lipinski definition) is 3. The van der Waals surface area contributed by atoms with Crippen molar-refractivity contribution < 1.29 is 9.90 Å². The summed E-state index contributed by atoms with van der Waals surface area (Å²) in [6.07, 6.45) is 1.02. The minimum atomic E-state index is -0.676. The second-order valence-corrected chi connectivity index (χ2v) is 4.35. The standard InChI is InChI=1S/C13H16N2O2/c1-9(10(2)16)13(17)7-15-8-14-11-5-3-4-6-12(11)15/h3-6,8-9,13,17H,7H2,1-2H3/t9-,13+/m1/s1. The molecule has 2 atom stereocenters. The van der Waals surface area contributed by atoms with Crippen LogP contribution in [0.25, 0.3) is 11.0 Å². The van der Waals surface area contributed by atoms with Crippen LogP contribution in [-0.4, -0.2) is 26.5 Å². The molecule has 4 heteroatoms. The second-order valence-electron chi connectivity index (χ2n) is 4.35. The minimum absolute atomic E-state index is 0.00178. The van der Waals surface area contributed by atoms with Gasteiger partial charge < -0.3 is 9.67 Å². The van der Waals surface area contributed by atoms with E-state index in [9.17, 15) is 9.90 Å². The molecule has 1 aromatic carbocycles. The molecule has 4 nitrogen and oxygen atoms in total. The molecule has 1 N–H and O–H groups in total. The third-order valence-corrected chi connectivity index (χ3v) is 3.13. The molecule has 2 rings (SSSR count). The van der Waals surface area contributed by atoms with Gasteiger partial charge in [0.05, 0.1) is 30.0 Å². The Balaban J connectivity index is 2.21. The lowest BCUT2D eigenvalue weighted by Crippen LogP contribution is -2.28. The summed E-state index contributed by atoms with van der Waals surface area (Å²) < 4.78 is 1.87. The summed E-state index contributed by atoms with van der Waals surface area (Å²) in [5, 5.41) is 9.95. The molecule has 2 aromatic rings. The zero-order valence-corrected chi connectivity index (χ0v) is 10.00. The maximum absolute atomic E-state index is 11.2. The SMILES string of the molecule is CC(=O)[C@@H](C)[C@@H](O)Cn1cnc2ccccc21. The summed E-state index contributed by atoms with van der Waals surface area (Å²) in [4.78, 5) is 15.4. The van der Waals surface area contributed by atoms with Gasteiger partial charge in [-0.25, -0.2) is 4.98 Å². The number of imidazole rings is 1. The van der Waals surface area contributed by atoms with Crippen molar-refractivity contribution in [1.29, 1.82) is 0 Å². The number of aromatic nitrogens is 2. The van der Waals surface area contributed by atoms with E-state index in [0.717, 1.165) is 11.0 Å². The molecular formula is C13H16N2O2. The fourth-order valence-electron chi connectivity index (χ4n) is 1.79. The van der Waals surface area contributed by atoms with Crippen molar-refractivity contribution in [2.75, 3.05) is 0 Å². The average Bonchev–Trinajstić information content (AvgIpc) is 2.71. The molecule has 0 amide bonds. The van der Waals surface area contributed by atoms with Crippen LogP contribution in [-0.2, 0) is 11.3 Å². The molecule has 0 bridgehead atoms. The van der Waals surface area contributed by atoms with Gasteiger partial charge in [-0.1, -0.05) is 19.1 Å². The minimum Gasteiger partial charge on any atom is -0.391 e. The van der Waals surface area contributed by atoms with Crippen LogP contribution in [0.15, 0.2) is 30.6 Å². The summed E-state index contributed by atoms with van der Waals surface area (Å²) in [7, 11) is 0. The summed E-state index contributed by atoms with van der Waals surface area (Å²) >= 11 is 0. The number of benzene rings is 1. The Morgan fingerprint density at radius 1 is 1.47 bits per heavy atom. The number of para-hydroxylation sites is 2. The number of carbonyl (C=O) groups excluding carboxylic acids is 1. The van der Waals surface area contributed by atoms with Gasteiger partial charge >= 0.3 is 0 Å². The quantitative estimate of drug-likeness (QED) is 0.871. The van der Waals surface area contributed by atoms with Crippen molar-refractivity contribution in [3.05, 3.63) is 30.6 Å². The van der Waals surface area contributed by atoms with Gasteiger partial charge in [-0.2, -0.15) is 0 Å². The van der Waals surface area contributed by atoms with Crippen LogP contribution in [0.2, 0.25) is 0 Å². The molecule has 0 aliphatic carbocycles. The van der Waals surface area contributed by atoms with Crippen LogP contribution in [0, 0.1) is 5.92 Å². The Labute approximate surface area is 99.9 Å². The number of Topliss-reactive ketones (excluding diaryl/α,β-unsaturated/α-hetero) is 1. The van der Waals surface area contributed by atoms with Gasteiger partial charge in [-0.3, -0.25) is 4.79 Å². The normalized spacial score (nSPS) is 14.8. The molecule has 0 saturated carbocycles. The number of carbonyl (C=O) groups is 1. The molecule has 1 aromatic heterocycles. The summed E-state index contributed by atoms with van der Waals surface area (Å²) in [5.74, 6) is -0.349. The topological polar surface area (TPSA) is 55.1 Å². The van der Waals surface area contributed by atoms with Gasteiger partial charge in [0.1, 0.15) is 5.78 Å². The number of rotatable bonds is 4. The van der Waals surface area contributed by atoms with Gasteiger partial charge in [0.15, 0.2) is 0 Å². The molecule has 0 unspecified atom stereocenters. The number of hydrogen-bond donors (Lipinski definition) is 1. The molecule has 1 heterocycles. The van der Waals surface area contributed by atoms with E-state index in [1.165, 1.54) is 6.92 Å². The van der Waals surface area contributed by atoms with Crippen molar-refractivity contribution in [2.24, 2.45) is 5.92 Å². The highest BCUT2D eigenvalue weighted by Gasteiger charge is 2.19. The molecule has 0 radical (unpaired) electrons. The van der Waals surface area contributed by atoms with Gasteiger partial charge in [-0.05, 0) is 19.1 Å². The molecule has 0 saturated heterocycles. The predicted octanol–water partition coefficient (Wildman–Crippen LogP) is 1.62. The van der Waals surface area contributed by atoms with Crippen molar-refractivity contribution in [1.82, 2.24) is 9.55 Å². The zero-order chi connectivity index (χ0) is 12.4. The van der Waals surface area contributed by atoms with Gasteiger partial charge in [-0.15, -0.1) is 0 Å². The van der Waals surface area contributed by atoms with E-state index in [1.54, 1.807) is 13.3 Å². The monoisotopic (exact) mass is 232 g/mol. The number of fused-ring (bicyclic) bond motifs is 1. The first-order chi connectivity index (χ1) is 8.09. The van der Waals surface area contributed by atoms with E-state index >= 15 is 0 Å². The van der Waals surface area contributed by atoms with E-state index < -0.39 is 6.10 Å². The van der Waals surface area contributed by atoms with Crippen molar-refractivity contribution >= 4 is 16.8 Å². The van der Waals surface area contributed by atoms with E-state index in [4.69, 9.17) is 0 Å². The van der Waals surface area contributed by atoms with Crippen molar-refractivity contribution in [3.63, 3.8) is 0 Å². The van der Waals surface area contributed by atoms with E-state index in [2.05, 4.69) is 4.98 Å². The number of aliphatic hydroxyl groups excluding tert-OH is 1. The van der Waals surface area contributed by atoms with Crippen LogP contribution >= 0.6 is 0 Å². The lowest BCUT2D eigenvalue weighted by Gasteiger charge is -2.16. The molecule has 0 fully saturated rings. The van der Waals surface area contributed by atoms with E-state index in [0.29, 0.717) is 6.54 Å². The fraction of sp³-hybridized carbons (Fsp3) is 0.385.